The Hall–Kier alpha value is -3.56. The lowest BCUT2D eigenvalue weighted by Crippen LogP contribution is -3.00. The second-order valence-corrected chi connectivity index (χ2v) is 7.35. The lowest BCUT2D eigenvalue weighted by molar-refractivity contribution is -0.478. The number of hydrogen-bond acceptors (Lipinski definition) is 1. The first-order chi connectivity index (χ1) is 13.9. The molecule has 0 aliphatic rings. The van der Waals surface area contributed by atoms with Crippen LogP contribution in [0.3, 0.4) is 0 Å². The van der Waals surface area contributed by atoms with Crippen LogP contribution in [-0.2, 0) is 0 Å². The van der Waals surface area contributed by atoms with E-state index >= 15 is 0 Å². The third-order valence-corrected chi connectivity index (χ3v) is 5.84. The second kappa shape index (κ2) is 5.72. The Bertz CT molecular complexity index is 1600. The fraction of sp³-hybridized carbons (Fsp3) is 0. The molecule has 0 saturated heterocycles. The molecule has 5 heterocycles. The lowest BCUT2D eigenvalue weighted by Gasteiger charge is -2.04. The zero-order valence-electron chi connectivity index (χ0n) is 15.3. The summed E-state index contributed by atoms with van der Waals surface area (Å²) in [7, 11) is 0. The number of hydrogen-bond donors (Lipinski definition) is 0. The van der Waals surface area contributed by atoms with E-state index in [1.807, 2.05) is 0 Å². The minimum absolute atomic E-state index is 0. The molecule has 3 nitrogen and oxygen atoms in total. The first-order valence-electron chi connectivity index (χ1n) is 9.45. The van der Waals surface area contributed by atoms with Gasteiger partial charge in [-0.15, -0.1) is 0 Å². The SMILES string of the molecule is [Cl-].c1ccc2c(c1)cc1c3cc4c(cc[n+]5c6ccccc6cc45)oc3ccn21. The third-order valence-electron chi connectivity index (χ3n) is 5.84. The van der Waals surface area contributed by atoms with Crippen LogP contribution >= 0.6 is 0 Å². The number of fused-ring (bicyclic) bond motifs is 10. The van der Waals surface area contributed by atoms with Gasteiger partial charge in [0.15, 0.2) is 6.20 Å². The van der Waals surface area contributed by atoms with Crippen LogP contribution < -0.4 is 16.8 Å². The van der Waals surface area contributed by atoms with Gasteiger partial charge >= 0.3 is 0 Å². The quantitative estimate of drug-likeness (QED) is 0.286. The van der Waals surface area contributed by atoms with E-state index in [1.165, 1.54) is 32.8 Å². The van der Waals surface area contributed by atoms with Crippen molar-refractivity contribution in [3.63, 3.8) is 0 Å². The lowest BCUT2D eigenvalue weighted by atomic mass is 10.1. The Morgan fingerprint density at radius 3 is 2.38 bits per heavy atom. The van der Waals surface area contributed by atoms with E-state index < -0.39 is 0 Å². The van der Waals surface area contributed by atoms with Crippen molar-refractivity contribution in [1.82, 2.24) is 4.40 Å². The van der Waals surface area contributed by atoms with E-state index in [-0.39, 0.29) is 12.4 Å². The molecule has 0 fully saturated rings. The average Bonchev–Trinajstić information content (AvgIpc) is 3.31. The van der Waals surface area contributed by atoms with Crippen molar-refractivity contribution in [3.05, 3.63) is 91.3 Å². The maximum Gasteiger partial charge on any atom is 0.223 e. The molecular weight excluding hydrogens is 380 g/mol. The van der Waals surface area contributed by atoms with Crippen molar-refractivity contribution < 1.29 is 21.2 Å². The molecule has 0 radical (unpaired) electrons. The smallest absolute Gasteiger partial charge is 0.223 e. The monoisotopic (exact) mass is 394 g/mol. The van der Waals surface area contributed by atoms with Crippen LogP contribution in [0.2, 0.25) is 0 Å². The van der Waals surface area contributed by atoms with Gasteiger partial charge in [-0.3, -0.25) is 0 Å². The normalized spacial score (nSPS) is 11.9. The predicted octanol–water partition coefficient (Wildman–Crippen LogP) is 2.89. The molecule has 5 aromatic heterocycles. The topological polar surface area (TPSA) is 21.7 Å². The fourth-order valence-corrected chi connectivity index (χ4v) is 4.53. The number of rotatable bonds is 0. The molecule has 0 spiro atoms. The Morgan fingerprint density at radius 2 is 1.45 bits per heavy atom. The number of nitrogens with zero attached hydrogens (tertiary/aromatic N) is 2. The second-order valence-electron chi connectivity index (χ2n) is 7.35. The molecule has 0 unspecified atom stereocenters. The summed E-state index contributed by atoms with van der Waals surface area (Å²) in [6.07, 6.45) is 4.19. The van der Waals surface area contributed by atoms with Crippen LogP contribution in [0, 0.1) is 0 Å². The van der Waals surface area contributed by atoms with Crippen molar-refractivity contribution in [2.45, 2.75) is 0 Å². The van der Waals surface area contributed by atoms with Crippen LogP contribution in [0.25, 0.3) is 54.8 Å². The molecule has 4 heteroatoms. The van der Waals surface area contributed by atoms with Crippen LogP contribution in [0.15, 0.2) is 95.7 Å². The van der Waals surface area contributed by atoms with E-state index in [4.69, 9.17) is 4.42 Å². The molecule has 0 amide bonds. The number of benzene rings is 2. The highest BCUT2D eigenvalue weighted by molar-refractivity contribution is 6.06. The van der Waals surface area contributed by atoms with Crippen LogP contribution in [0.1, 0.15) is 0 Å². The number of aromatic nitrogens is 2. The predicted molar refractivity (Wildman–Crippen MR) is 113 cm³/mol. The van der Waals surface area contributed by atoms with Gasteiger partial charge in [-0.2, -0.15) is 4.40 Å². The van der Waals surface area contributed by atoms with Gasteiger partial charge < -0.3 is 21.2 Å². The Balaban J connectivity index is 0.00000165. The maximum atomic E-state index is 6.33. The van der Waals surface area contributed by atoms with E-state index in [0.717, 1.165) is 21.9 Å². The summed E-state index contributed by atoms with van der Waals surface area (Å²) in [4.78, 5) is 0. The molecule has 7 rings (SSSR count). The van der Waals surface area contributed by atoms with E-state index in [9.17, 15) is 0 Å². The molecule has 0 aliphatic heterocycles. The molecule has 138 valence electrons. The van der Waals surface area contributed by atoms with Gasteiger partial charge in [0.2, 0.25) is 11.0 Å². The molecule has 7 aromatic rings. The summed E-state index contributed by atoms with van der Waals surface area (Å²) in [6.45, 7) is 0. The largest absolute Gasteiger partial charge is 1.00 e. The van der Waals surface area contributed by atoms with Gasteiger partial charge in [0.25, 0.3) is 0 Å². The van der Waals surface area contributed by atoms with Crippen molar-refractivity contribution >= 4 is 54.8 Å². The standard InChI is InChI=1S/C25H15N2O.ClH/c1-3-7-20-16(5-1)13-22-18-15-19-23-14-17-6-2-4-8-21(17)27(23)12-10-25(19)28-24(18)9-11-26(20)22;/h1-15H;1H/q+1;/p-1. The van der Waals surface area contributed by atoms with Crippen molar-refractivity contribution in [3.8, 4) is 0 Å². The van der Waals surface area contributed by atoms with Gasteiger partial charge in [0.05, 0.1) is 21.8 Å². The Morgan fingerprint density at radius 1 is 0.655 bits per heavy atom. The third kappa shape index (κ3) is 2.11. The number of halogens is 1. The fourth-order valence-electron chi connectivity index (χ4n) is 4.53. The molecule has 0 aliphatic carbocycles. The minimum atomic E-state index is 0. The summed E-state index contributed by atoms with van der Waals surface area (Å²) in [5.74, 6) is 0. The Kier molecular flexibility index (Phi) is 3.24. The number of pyridine rings is 2. The zero-order valence-corrected chi connectivity index (χ0v) is 16.1. The zero-order chi connectivity index (χ0) is 18.2. The Labute approximate surface area is 171 Å². The summed E-state index contributed by atoms with van der Waals surface area (Å²) < 4.78 is 10.8. The molecule has 0 saturated carbocycles. The van der Waals surface area contributed by atoms with Crippen LogP contribution in [0.4, 0.5) is 0 Å². The van der Waals surface area contributed by atoms with E-state index in [0.29, 0.717) is 0 Å². The summed E-state index contributed by atoms with van der Waals surface area (Å²) in [6, 6.07) is 27.8. The minimum Gasteiger partial charge on any atom is -1.00 e. The van der Waals surface area contributed by atoms with Gasteiger partial charge in [-0.05, 0) is 30.3 Å². The average molecular weight is 395 g/mol. The maximum absolute atomic E-state index is 6.33. The highest BCUT2D eigenvalue weighted by atomic mass is 35.5. The molecular formula is C25H15ClN2O. The molecule has 0 bridgehead atoms. The summed E-state index contributed by atoms with van der Waals surface area (Å²) >= 11 is 0. The van der Waals surface area contributed by atoms with Crippen molar-refractivity contribution in [2.24, 2.45) is 0 Å². The molecule has 0 N–H and O–H groups in total. The van der Waals surface area contributed by atoms with Crippen LogP contribution in [0.5, 0.6) is 0 Å². The first-order valence-corrected chi connectivity index (χ1v) is 9.45. The first kappa shape index (κ1) is 16.4. The summed E-state index contributed by atoms with van der Waals surface area (Å²) in [5.41, 5.74) is 6.58. The highest BCUT2D eigenvalue weighted by Crippen LogP contribution is 2.31. The molecule has 0 atom stereocenters. The molecule has 2 aromatic carbocycles. The summed E-state index contributed by atoms with van der Waals surface area (Å²) in [5, 5.41) is 4.73. The van der Waals surface area contributed by atoms with Gasteiger partial charge in [-0.25, -0.2) is 0 Å². The van der Waals surface area contributed by atoms with E-state index in [1.54, 1.807) is 0 Å². The van der Waals surface area contributed by atoms with Crippen LogP contribution in [-0.4, -0.2) is 4.40 Å². The van der Waals surface area contributed by atoms with Crippen molar-refractivity contribution in [2.75, 3.05) is 0 Å². The van der Waals surface area contributed by atoms with Crippen molar-refractivity contribution in [1.29, 1.82) is 0 Å². The van der Waals surface area contributed by atoms with Gasteiger partial charge in [0, 0.05) is 35.2 Å². The molecule has 29 heavy (non-hydrogen) atoms. The number of para-hydroxylation sites is 2. The van der Waals surface area contributed by atoms with Gasteiger partial charge in [0.1, 0.15) is 11.2 Å². The highest BCUT2D eigenvalue weighted by Gasteiger charge is 2.17. The van der Waals surface area contributed by atoms with Gasteiger partial charge in [-0.1, -0.05) is 30.3 Å². The van der Waals surface area contributed by atoms with E-state index in [2.05, 4.69) is 100 Å².